The summed E-state index contributed by atoms with van der Waals surface area (Å²) in [4.78, 5) is 37.4. The molecule has 0 saturated heterocycles. The average molecular weight is 1060 g/mol. The summed E-state index contributed by atoms with van der Waals surface area (Å²) in [5.74, 6) is -2.02. The molecule has 0 aliphatic heterocycles. The molecule has 0 aromatic rings. The standard InChI is InChI=1S/C67H115NO8/c1-6-8-10-12-14-16-18-20-22-24-25-26-27-28-29-30-31-32-33-34-35-36-37-38-39-40-41-42-44-46-48-50-52-54-56-58-65(70)76-63(62-75-67(66(71)72)73-60-59-68(3,4)5)61-74-64(69)57-55-53-51-49-47-45-43-23-21-19-17-15-13-11-9-7-2/h8,10,14,16,20,22-23,25-26,28-29,31-32,34-35,43,63,67H,6-7,9,11-13,15,17-19,21,24,27,30,33,36-42,44-62H2,1-5H3/p+1/b10-8-,16-14-,22-20-,26-25-,29-28-,32-31-,35-34-,43-23-. The van der Waals surface area contributed by atoms with Gasteiger partial charge in [0.05, 0.1) is 34.4 Å². The summed E-state index contributed by atoms with van der Waals surface area (Å²) >= 11 is 0. The third-order valence-corrected chi connectivity index (χ3v) is 13.1. The Bertz CT molecular complexity index is 1570. The van der Waals surface area contributed by atoms with Crippen molar-refractivity contribution in [1.29, 1.82) is 0 Å². The van der Waals surface area contributed by atoms with Crippen molar-refractivity contribution in [2.45, 2.75) is 264 Å². The normalized spacial score (nSPS) is 13.4. The van der Waals surface area contributed by atoms with Crippen LogP contribution in [0.3, 0.4) is 0 Å². The number of carboxylic acids is 1. The topological polar surface area (TPSA) is 108 Å². The molecular weight excluding hydrogens is 947 g/mol. The first-order chi connectivity index (χ1) is 37.1. The van der Waals surface area contributed by atoms with Crippen LogP contribution in [0.2, 0.25) is 0 Å². The number of esters is 2. The van der Waals surface area contributed by atoms with Gasteiger partial charge in [-0.3, -0.25) is 9.59 Å². The third kappa shape index (κ3) is 57.9. The number of ether oxygens (including phenoxy) is 4. The van der Waals surface area contributed by atoms with Crippen molar-refractivity contribution in [2.75, 3.05) is 47.5 Å². The minimum absolute atomic E-state index is 0.183. The van der Waals surface area contributed by atoms with Crippen molar-refractivity contribution in [1.82, 2.24) is 0 Å². The van der Waals surface area contributed by atoms with Crippen LogP contribution in [0.15, 0.2) is 97.2 Å². The summed E-state index contributed by atoms with van der Waals surface area (Å²) in [5, 5.41) is 9.71. The molecule has 436 valence electrons. The molecule has 0 fully saturated rings. The number of carbonyl (C=O) groups excluding carboxylic acids is 2. The molecule has 0 spiro atoms. The molecular formula is C67H116NO8+. The van der Waals surface area contributed by atoms with Crippen LogP contribution >= 0.6 is 0 Å². The largest absolute Gasteiger partial charge is 0.477 e. The van der Waals surface area contributed by atoms with Gasteiger partial charge in [-0.2, -0.15) is 0 Å². The van der Waals surface area contributed by atoms with Crippen molar-refractivity contribution < 1.29 is 42.9 Å². The summed E-state index contributed by atoms with van der Waals surface area (Å²) in [5.41, 5.74) is 0. The number of hydrogen-bond donors (Lipinski definition) is 1. The van der Waals surface area contributed by atoms with Gasteiger partial charge in [-0.15, -0.1) is 0 Å². The number of nitrogens with zero attached hydrogens (tertiary/aromatic N) is 1. The summed E-state index contributed by atoms with van der Waals surface area (Å²) < 4.78 is 22.9. The van der Waals surface area contributed by atoms with Crippen LogP contribution in [-0.2, 0) is 33.3 Å². The number of carboxylic acid groups (broad SMARTS) is 1. The van der Waals surface area contributed by atoms with Crippen LogP contribution in [0, 0.1) is 0 Å². The Balaban J connectivity index is 4.15. The van der Waals surface area contributed by atoms with E-state index >= 15 is 0 Å². The molecule has 1 N–H and O–H groups in total. The van der Waals surface area contributed by atoms with Gasteiger partial charge in [-0.1, -0.05) is 239 Å². The first-order valence-corrected chi connectivity index (χ1v) is 30.9. The highest BCUT2D eigenvalue weighted by Gasteiger charge is 2.25. The van der Waals surface area contributed by atoms with Crippen molar-refractivity contribution in [3.05, 3.63) is 97.2 Å². The van der Waals surface area contributed by atoms with Gasteiger partial charge in [0.1, 0.15) is 13.2 Å². The van der Waals surface area contributed by atoms with E-state index in [-0.39, 0.29) is 38.6 Å². The lowest BCUT2D eigenvalue weighted by molar-refractivity contribution is -0.870. The lowest BCUT2D eigenvalue weighted by atomic mass is 10.0. The minimum atomic E-state index is -1.52. The van der Waals surface area contributed by atoms with Crippen LogP contribution < -0.4 is 0 Å². The van der Waals surface area contributed by atoms with E-state index in [1.165, 1.54) is 116 Å². The van der Waals surface area contributed by atoms with E-state index < -0.39 is 24.3 Å². The van der Waals surface area contributed by atoms with Crippen molar-refractivity contribution >= 4 is 17.9 Å². The van der Waals surface area contributed by atoms with Crippen molar-refractivity contribution in [3.63, 3.8) is 0 Å². The Hall–Kier alpha value is -3.79. The Morgan fingerprint density at radius 3 is 1.13 bits per heavy atom. The number of aliphatic carboxylic acids is 1. The molecule has 0 saturated carbocycles. The van der Waals surface area contributed by atoms with E-state index in [2.05, 4.69) is 111 Å². The highest BCUT2D eigenvalue weighted by molar-refractivity contribution is 5.71. The number of allylic oxidation sites excluding steroid dienone is 16. The van der Waals surface area contributed by atoms with E-state index in [0.29, 0.717) is 17.4 Å². The molecule has 9 nitrogen and oxygen atoms in total. The quantitative estimate of drug-likeness (QED) is 0.0211. The second-order valence-corrected chi connectivity index (χ2v) is 21.6. The summed E-state index contributed by atoms with van der Waals surface area (Å²) in [6, 6.07) is 0. The van der Waals surface area contributed by atoms with Gasteiger partial charge in [-0.05, 0) is 96.3 Å². The van der Waals surface area contributed by atoms with E-state index in [1.807, 2.05) is 21.1 Å². The number of quaternary nitrogens is 1. The summed E-state index contributed by atoms with van der Waals surface area (Å²) in [6.07, 6.45) is 74.9. The highest BCUT2D eigenvalue weighted by Crippen LogP contribution is 2.16. The number of likely N-dealkylation sites (N-methyl/N-ethyl adjacent to an activating group) is 1. The summed E-state index contributed by atoms with van der Waals surface area (Å²) in [7, 11) is 5.96. The second-order valence-electron chi connectivity index (χ2n) is 21.6. The van der Waals surface area contributed by atoms with Gasteiger partial charge in [0.15, 0.2) is 6.10 Å². The Morgan fingerprint density at radius 2 is 0.750 bits per heavy atom. The first kappa shape index (κ1) is 72.2. The molecule has 0 bridgehead atoms. The maximum Gasteiger partial charge on any atom is 0.361 e. The van der Waals surface area contributed by atoms with E-state index in [1.54, 1.807) is 0 Å². The van der Waals surface area contributed by atoms with Crippen LogP contribution in [0.1, 0.15) is 251 Å². The van der Waals surface area contributed by atoms with Crippen LogP contribution in [0.5, 0.6) is 0 Å². The van der Waals surface area contributed by atoms with Gasteiger partial charge >= 0.3 is 17.9 Å². The average Bonchev–Trinajstić information content (AvgIpc) is 3.39. The van der Waals surface area contributed by atoms with E-state index in [9.17, 15) is 19.5 Å². The number of hydrogen-bond acceptors (Lipinski definition) is 7. The molecule has 76 heavy (non-hydrogen) atoms. The highest BCUT2D eigenvalue weighted by atomic mass is 16.7. The molecule has 0 aromatic heterocycles. The first-order valence-electron chi connectivity index (χ1n) is 30.9. The Kier molecular flexibility index (Phi) is 54.5. The fourth-order valence-corrected chi connectivity index (χ4v) is 8.34. The molecule has 0 aliphatic carbocycles. The number of carbonyl (C=O) groups is 3. The number of unbranched alkanes of at least 4 members (excludes halogenated alkanes) is 25. The van der Waals surface area contributed by atoms with E-state index in [0.717, 1.165) is 103 Å². The fraction of sp³-hybridized carbons (Fsp3) is 0.716. The lowest BCUT2D eigenvalue weighted by Gasteiger charge is -2.25. The zero-order valence-electron chi connectivity index (χ0n) is 49.6. The van der Waals surface area contributed by atoms with Crippen LogP contribution in [-0.4, -0.2) is 87.4 Å². The molecule has 0 aromatic carbocycles. The van der Waals surface area contributed by atoms with Crippen molar-refractivity contribution in [2.24, 2.45) is 0 Å². The van der Waals surface area contributed by atoms with Gasteiger partial charge in [0, 0.05) is 12.8 Å². The Labute approximate surface area is 467 Å². The molecule has 0 amide bonds. The number of rotatable bonds is 56. The Morgan fingerprint density at radius 1 is 0.408 bits per heavy atom. The molecule has 0 heterocycles. The SMILES string of the molecule is CC/C=C\C/C=C\C/C=C\C/C=C\C/C=C\C/C=C\C/C=C\CCCCCCCCCCCCCCCC(=O)OC(COC(=O)CCCCCCC/C=C\CCCCCCCCC)COC(OCC[N+](C)(C)C)C(=O)O. The monoisotopic (exact) mass is 1060 g/mol. The van der Waals surface area contributed by atoms with Gasteiger partial charge in [-0.25, -0.2) is 4.79 Å². The lowest BCUT2D eigenvalue weighted by Crippen LogP contribution is -2.40. The van der Waals surface area contributed by atoms with Gasteiger partial charge < -0.3 is 28.5 Å². The molecule has 2 atom stereocenters. The predicted molar refractivity (Wildman–Crippen MR) is 322 cm³/mol. The second kappa shape index (κ2) is 57.4. The van der Waals surface area contributed by atoms with E-state index in [4.69, 9.17) is 18.9 Å². The smallest absolute Gasteiger partial charge is 0.361 e. The zero-order chi connectivity index (χ0) is 55.5. The third-order valence-electron chi connectivity index (χ3n) is 13.1. The fourth-order valence-electron chi connectivity index (χ4n) is 8.34. The van der Waals surface area contributed by atoms with Crippen molar-refractivity contribution in [3.8, 4) is 0 Å². The molecule has 9 heteroatoms. The summed E-state index contributed by atoms with van der Waals surface area (Å²) in [6.45, 7) is 4.76. The molecule has 0 radical (unpaired) electrons. The van der Waals surface area contributed by atoms with Gasteiger partial charge in [0.2, 0.25) is 0 Å². The minimum Gasteiger partial charge on any atom is -0.477 e. The van der Waals surface area contributed by atoms with Crippen LogP contribution in [0.4, 0.5) is 0 Å². The van der Waals surface area contributed by atoms with Crippen LogP contribution in [0.25, 0.3) is 0 Å². The molecule has 0 aliphatic rings. The molecule has 0 rings (SSSR count). The zero-order valence-corrected chi connectivity index (χ0v) is 49.6. The maximum absolute atomic E-state index is 12.9. The predicted octanol–water partition coefficient (Wildman–Crippen LogP) is 18.5. The molecule has 2 unspecified atom stereocenters. The van der Waals surface area contributed by atoms with Gasteiger partial charge in [0.25, 0.3) is 6.29 Å². The maximum atomic E-state index is 12.9.